The second kappa shape index (κ2) is 6.44. The minimum absolute atomic E-state index is 0.113. The number of benzene rings is 1. The van der Waals surface area contributed by atoms with Gasteiger partial charge in [0.1, 0.15) is 0 Å². The average molecular weight is 339 g/mol. The summed E-state index contributed by atoms with van der Waals surface area (Å²) < 4.78 is 10.7. The molecule has 0 radical (unpaired) electrons. The van der Waals surface area contributed by atoms with Crippen molar-refractivity contribution in [1.82, 2.24) is 25.1 Å². The maximum atomic E-state index is 5.83. The van der Waals surface area contributed by atoms with E-state index in [9.17, 15) is 0 Å². The number of nitrogen functional groups attached to an aromatic ring is 1. The third-order valence-electron chi connectivity index (χ3n) is 3.86. The van der Waals surface area contributed by atoms with E-state index in [1.54, 1.807) is 0 Å². The van der Waals surface area contributed by atoms with Crippen LogP contribution in [0.3, 0.4) is 0 Å². The lowest BCUT2D eigenvalue weighted by Gasteiger charge is -2.26. The highest BCUT2D eigenvalue weighted by molar-refractivity contribution is 5.57. The highest BCUT2D eigenvalue weighted by Gasteiger charge is 2.19. The molecule has 25 heavy (non-hydrogen) atoms. The summed E-state index contributed by atoms with van der Waals surface area (Å²) in [5, 5.41) is 4.00. The fourth-order valence-corrected chi connectivity index (χ4v) is 2.52. The smallest absolute Gasteiger partial charge is 0.296 e. The van der Waals surface area contributed by atoms with Gasteiger partial charge in [-0.05, 0) is 6.92 Å². The number of hydrogen-bond acceptors (Lipinski definition) is 9. The largest absolute Gasteiger partial charge is 0.378 e. The van der Waals surface area contributed by atoms with Gasteiger partial charge in [0, 0.05) is 18.7 Å². The van der Waals surface area contributed by atoms with Gasteiger partial charge in [-0.15, -0.1) is 0 Å². The van der Waals surface area contributed by atoms with Crippen LogP contribution in [0.1, 0.15) is 5.56 Å². The van der Waals surface area contributed by atoms with E-state index in [2.05, 4.69) is 25.1 Å². The van der Waals surface area contributed by atoms with E-state index < -0.39 is 0 Å². The number of nitrogens with two attached hydrogens (primary N) is 1. The van der Waals surface area contributed by atoms with Crippen molar-refractivity contribution in [3.63, 3.8) is 0 Å². The fraction of sp³-hybridized carbons (Fsp3) is 0.312. The van der Waals surface area contributed by atoms with E-state index in [1.807, 2.05) is 36.1 Å². The van der Waals surface area contributed by atoms with E-state index in [0.29, 0.717) is 38.1 Å². The van der Waals surface area contributed by atoms with Crippen molar-refractivity contribution in [2.45, 2.75) is 6.92 Å². The van der Waals surface area contributed by atoms with Crippen LogP contribution in [0, 0.1) is 6.92 Å². The molecule has 0 atom stereocenters. The molecule has 1 aliphatic heterocycles. The van der Waals surface area contributed by atoms with Crippen LogP contribution in [0.25, 0.3) is 23.1 Å². The van der Waals surface area contributed by atoms with Gasteiger partial charge >= 0.3 is 0 Å². The molecule has 1 fully saturated rings. The Balaban J connectivity index is 1.65. The number of hydrogen-bond donors (Lipinski definition) is 1. The molecule has 0 amide bonds. The van der Waals surface area contributed by atoms with Gasteiger partial charge in [-0.2, -0.15) is 19.9 Å². The summed E-state index contributed by atoms with van der Waals surface area (Å²) in [6.45, 7) is 4.66. The molecule has 9 nitrogen and oxygen atoms in total. The summed E-state index contributed by atoms with van der Waals surface area (Å²) in [4.78, 5) is 19.1. The zero-order valence-electron chi connectivity index (χ0n) is 13.7. The van der Waals surface area contributed by atoms with Gasteiger partial charge in [-0.3, -0.25) is 0 Å². The van der Waals surface area contributed by atoms with Gasteiger partial charge < -0.3 is 19.9 Å². The summed E-state index contributed by atoms with van der Waals surface area (Å²) in [5.74, 6) is 1.54. The summed E-state index contributed by atoms with van der Waals surface area (Å²) in [5.41, 5.74) is 7.85. The van der Waals surface area contributed by atoms with E-state index in [1.165, 1.54) is 0 Å². The fourth-order valence-electron chi connectivity index (χ4n) is 2.52. The molecule has 2 aromatic heterocycles. The zero-order chi connectivity index (χ0) is 17.2. The predicted molar refractivity (Wildman–Crippen MR) is 90.7 cm³/mol. The average Bonchev–Trinajstić information content (AvgIpc) is 3.13. The molecule has 3 aromatic rings. The molecule has 2 N–H and O–H groups in total. The molecule has 9 heteroatoms. The van der Waals surface area contributed by atoms with Crippen LogP contribution < -0.4 is 10.6 Å². The lowest BCUT2D eigenvalue weighted by molar-refractivity contribution is 0.122. The molecule has 1 aromatic carbocycles. The van der Waals surface area contributed by atoms with Crippen LogP contribution in [0.5, 0.6) is 0 Å². The molecule has 1 saturated heterocycles. The Morgan fingerprint density at radius 3 is 2.48 bits per heavy atom. The van der Waals surface area contributed by atoms with Crippen LogP contribution in [0.2, 0.25) is 0 Å². The van der Waals surface area contributed by atoms with Crippen molar-refractivity contribution < 1.29 is 9.26 Å². The number of aromatic nitrogens is 5. The Morgan fingerprint density at radius 2 is 1.72 bits per heavy atom. The lowest BCUT2D eigenvalue weighted by Crippen LogP contribution is -2.37. The third-order valence-corrected chi connectivity index (χ3v) is 3.86. The summed E-state index contributed by atoms with van der Waals surface area (Å²) >= 11 is 0. The van der Waals surface area contributed by atoms with E-state index in [0.717, 1.165) is 11.1 Å². The first-order valence-corrected chi connectivity index (χ1v) is 7.94. The first-order valence-electron chi connectivity index (χ1n) is 7.94. The Hall–Kier alpha value is -3.07. The molecule has 3 heterocycles. The number of anilines is 2. The second-order valence-electron chi connectivity index (χ2n) is 5.71. The second-order valence-corrected chi connectivity index (χ2v) is 5.71. The van der Waals surface area contributed by atoms with Crippen LogP contribution in [-0.2, 0) is 4.74 Å². The monoisotopic (exact) mass is 339 g/mol. The zero-order valence-corrected chi connectivity index (χ0v) is 13.7. The third kappa shape index (κ3) is 3.26. The van der Waals surface area contributed by atoms with E-state index >= 15 is 0 Å². The van der Waals surface area contributed by atoms with Crippen molar-refractivity contribution in [2.24, 2.45) is 0 Å². The Morgan fingerprint density at radius 1 is 0.960 bits per heavy atom. The number of ether oxygens (including phenoxy) is 1. The lowest BCUT2D eigenvalue weighted by atomic mass is 10.1. The van der Waals surface area contributed by atoms with E-state index in [-0.39, 0.29) is 17.7 Å². The van der Waals surface area contributed by atoms with Gasteiger partial charge in [-0.25, -0.2) is 0 Å². The molecule has 128 valence electrons. The predicted octanol–water partition coefficient (Wildman–Crippen LogP) is 1.32. The molecular weight excluding hydrogens is 322 g/mol. The number of aryl methyl sites for hydroxylation is 1. The maximum Gasteiger partial charge on any atom is 0.296 e. The molecule has 0 aliphatic carbocycles. The Bertz CT molecular complexity index is 872. The normalized spacial score (nSPS) is 14.7. The Labute approximate surface area is 143 Å². The molecule has 1 aliphatic rings. The summed E-state index contributed by atoms with van der Waals surface area (Å²) in [7, 11) is 0. The first-order chi connectivity index (χ1) is 12.2. The number of nitrogens with zero attached hydrogens (tertiary/aromatic N) is 6. The van der Waals surface area contributed by atoms with Crippen molar-refractivity contribution in [2.75, 3.05) is 36.9 Å². The topological polar surface area (TPSA) is 116 Å². The molecule has 0 saturated carbocycles. The van der Waals surface area contributed by atoms with Crippen LogP contribution in [0.4, 0.5) is 11.9 Å². The maximum absolute atomic E-state index is 5.83. The highest BCUT2D eigenvalue weighted by Crippen LogP contribution is 2.22. The minimum atomic E-state index is 0.113. The van der Waals surface area contributed by atoms with Crippen molar-refractivity contribution in [3.8, 4) is 23.1 Å². The number of rotatable bonds is 3. The summed E-state index contributed by atoms with van der Waals surface area (Å²) in [6.07, 6.45) is 0. The molecule has 0 bridgehead atoms. The summed E-state index contributed by atoms with van der Waals surface area (Å²) in [6, 6.07) is 7.85. The van der Waals surface area contributed by atoms with Crippen molar-refractivity contribution in [1.29, 1.82) is 0 Å². The van der Waals surface area contributed by atoms with Gasteiger partial charge in [0.15, 0.2) is 0 Å². The van der Waals surface area contributed by atoms with Crippen molar-refractivity contribution >= 4 is 11.9 Å². The van der Waals surface area contributed by atoms with Crippen molar-refractivity contribution in [3.05, 3.63) is 29.8 Å². The Kier molecular flexibility index (Phi) is 3.98. The van der Waals surface area contributed by atoms with Crippen LogP contribution >= 0.6 is 0 Å². The SMILES string of the molecule is Cc1ccc(-c2noc(-c3nc(N)nc(N4CCOCC4)n3)n2)cc1. The highest BCUT2D eigenvalue weighted by atomic mass is 16.5. The standard InChI is InChI=1S/C16H17N7O2/c1-10-2-4-11(5-3-10)12-18-14(25-22-12)13-19-15(17)21-16(20-13)23-6-8-24-9-7-23/h2-5H,6-9H2,1H3,(H2,17,19,20,21). The number of morpholine rings is 1. The van der Waals surface area contributed by atoms with Gasteiger partial charge in [0.25, 0.3) is 5.89 Å². The molecule has 4 rings (SSSR count). The van der Waals surface area contributed by atoms with Gasteiger partial charge in [0.2, 0.25) is 23.5 Å². The van der Waals surface area contributed by atoms with Crippen LogP contribution in [0.15, 0.2) is 28.8 Å². The van der Waals surface area contributed by atoms with Gasteiger partial charge in [-0.1, -0.05) is 35.0 Å². The molecule has 0 unspecified atom stereocenters. The molecule has 0 spiro atoms. The quantitative estimate of drug-likeness (QED) is 0.754. The van der Waals surface area contributed by atoms with Crippen LogP contribution in [-0.4, -0.2) is 51.4 Å². The van der Waals surface area contributed by atoms with E-state index in [4.69, 9.17) is 15.0 Å². The van der Waals surface area contributed by atoms with Gasteiger partial charge in [0.05, 0.1) is 13.2 Å². The first kappa shape index (κ1) is 15.5. The molecular formula is C16H17N7O2. The minimum Gasteiger partial charge on any atom is -0.378 e.